The van der Waals surface area contributed by atoms with Crippen LogP contribution in [-0.4, -0.2) is 40.6 Å². The summed E-state index contributed by atoms with van der Waals surface area (Å²) < 4.78 is 13.1. The van der Waals surface area contributed by atoms with Crippen molar-refractivity contribution >= 4 is 23.1 Å². The Kier molecular flexibility index (Phi) is 7.80. The van der Waals surface area contributed by atoms with Gasteiger partial charge in [0.2, 0.25) is 5.78 Å². The Hall–Kier alpha value is -3.98. The molecule has 2 aromatic carbocycles. The van der Waals surface area contributed by atoms with Crippen molar-refractivity contribution in [2.75, 3.05) is 18.5 Å². The minimum Gasteiger partial charge on any atom is -0.454 e. The maximum Gasteiger partial charge on any atom is 0.340 e. The lowest BCUT2D eigenvalue weighted by atomic mass is 10.1. The summed E-state index contributed by atoms with van der Waals surface area (Å²) in [6, 6.07) is 15.3. The van der Waals surface area contributed by atoms with Crippen molar-refractivity contribution < 1.29 is 24.0 Å². The van der Waals surface area contributed by atoms with Gasteiger partial charge >= 0.3 is 5.97 Å². The Balaban J connectivity index is 1.46. The van der Waals surface area contributed by atoms with Crippen LogP contribution in [0.4, 0.5) is 11.4 Å². The molecule has 1 aliphatic heterocycles. The molecule has 9 heteroatoms. The fourth-order valence-corrected chi connectivity index (χ4v) is 4.40. The Morgan fingerprint density at radius 1 is 1.14 bits per heavy atom. The highest BCUT2D eigenvalue weighted by molar-refractivity contribution is 6.02. The van der Waals surface area contributed by atoms with Crippen LogP contribution in [0.3, 0.4) is 0 Å². The number of aryl methyl sites for hydroxylation is 1. The molecule has 1 unspecified atom stereocenters. The second-order valence-electron chi connectivity index (χ2n) is 8.86. The topological polar surface area (TPSA) is 113 Å². The van der Waals surface area contributed by atoms with Crippen molar-refractivity contribution in [1.82, 2.24) is 4.57 Å². The number of ketones is 1. The highest BCUT2D eigenvalue weighted by Crippen LogP contribution is 2.25. The molecule has 1 N–H and O–H groups in total. The molecule has 0 amide bonds. The van der Waals surface area contributed by atoms with Gasteiger partial charge in [-0.3, -0.25) is 14.9 Å². The number of ether oxygens (including phenoxy) is 2. The molecule has 1 aliphatic rings. The van der Waals surface area contributed by atoms with Crippen molar-refractivity contribution in [3.8, 4) is 0 Å². The third-order valence-electron chi connectivity index (χ3n) is 6.38. The number of anilines is 1. The fraction of sp³-hybridized carbons (Fsp3) is 0.333. The number of carbonyl (C=O) groups excluding carboxylic acids is 2. The molecule has 0 saturated carbocycles. The molecule has 4 rings (SSSR count). The molecule has 36 heavy (non-hydrogen) atoms. The Morgan fingerprint density at radius 2 is 1.92 bits per heavy atom. The van der Waals surface area contributed by atoms with E-state index < -0.39 is 17.5 Å². The number of aromatic nitrogens is 1. The summed E-state index contributed by atoms with van der Waals surface area (Å²) in [6.07, 6.45) is 2.15. The van der Waals surface area contributed by atoms with Gasteiger partial charge in [-0.25, -0.2) is 4.79 Å². The van der Waals surface area contributed by atoms with Gasteiger partial charge in [-0.1, -0.05) is 30.3 Å². The lowest BCUT2D eigenvalue weighted by molar-refractivity contribution is -0.384. The summed E-state index contributed by atoms with van der Waals surface area (Å²) in [5.74, 6) is -1.14. The number of hydrogen-bond donors (Lipinski definition) is 1. The molecule has 0 radical (unpaired) electrons. The van der Waals surface area contributed by atoms with Gasteiger partial charge < -0.3 is 19.4 Å². The third kappa shape index (κ3) is 5.80. The maximum atomic E-state index is 12.9. The zero-order chi connectivity index (χ0) is 25.7. The van der Waals surface area contributed by atoms with Crippen molar-refractivity contribution in [3.63, 3.8) is 0 Å². The minimum atomic E-state index is -0.809. The van der Waals surface area contributed by atoms with E-state index in [0.29, 0.717) is 24.3 Å². The first kappa shape index (κ1) is 25.1. The van der Waals surface area contributed by atoms with Crippen LogP contribution in [0.2, 0.25) is 0 Å². The zero-order valence-corrected chi connectivity index (χ0v) is 20.4. The molecule has 2 heterocycles. The normalized spacial score (nSPS) is 15.0. The SMILES string of the molecule is Cc1cc(C(=O)COC(=O)c2cc([N+](=O)[O-])ccc2NCc2ccccc2)c(C)n1CC1CCCO1. The van der Waals surface area contributed by atoms with Crippen LogP contribution in [0, 0.1) is 24.0 Å². The molecule has 0 bridgehead atoms. The zero-order valence-electron chi connectivity index (χ0n) is 20.4. The van der Waals surface area contributed by atoms with Crippen LogP contribution in [0.15, 0.2) is 54.6 Å². The number of hydrogen-bond acceptors (Lipinski definition) is 7. The maximum absolute atomic E-state index is 12.9. The van der Waals surface area contributed by atoms with Gasteiger partial charge in [0.25, 0.3) is 5.69 Å². The molecule has 0 aliphatic carbocycles. The molecule has 1 fully saturated rings. The monoisotopic (exact) mass is 491 g/mol. The van der Waals surface area contributed by atoms with Gasteiger partial charge in [-0.05, 0) is 44.4 Å². The highest BCUT2D eigenvalue weighted by atomic mass is 16.6. The number of non-ortho nitro benzene ring substituents is 1. The van der Waals surface area contributed by atoms with E-state index in [-0.39, 0.29) is 23.1 Å². The van der Waals surface area contributed by atoms with Crippen LogP contribution in [0.25, 0.3) is 0 Å². The predicted molar refractivity (Wildman–Crippen MR) is 134 cm³/mol. The number of rotatable bonds is 10. The Morgan fingerprint density at radius 3 is 2.61 bits per heavy atom. The number of Topliss-reactive ketones (excluding diaryl/α,β-unsaturated/α-hetero) is 1. The Labute approximate surface area is 209 Å². The lowest BCUT2D eigenvalue weighted by Crippen LogP contribution is -2.18. The van der Waals surface area contributed by atoms with Gasteiger partial charge in [0, 0.05) is 54.5 Å². The second-order valence-corrected chi connectivity index (χ2v) is 8.86. The highest BCUT2D eigenvalue weighted by Gasteiger charge is 2.23. The largest absolute Gasteiger partial charge is 0.454 e. The van der Waals surface area contributed by atoms with Crippen LogP contribution in [-0.2, 0) is 22.6 Å². The van der Waals surface area contributed by atoms with Crippen molar-refractivity contribution in [2.45, 2.75) is 45.9 Å². The van der Waals surface area contributed by atoms with E-state index in [1.807, 2.05) is 44.2 Å². The minimum absolute atomic E-state index is 0.00298. The molecular weight excluding hydrogens is 462 g/mol. The van der Waals surface area contributed by atoms with E-state index in [0.717, 1.165) is 42.5 Å². The smallest absolute Gasteiger partial charge is 0.340 e. The van der Waals surface area contributed by atoms with Crippen LogP contribution in [0.5, 0.6) is 0 Å². The van der Waals surface area contributed by atoms with Gasteiger partial charge in [-0.2, -0.15) is 0 Å². The molecule has 1 saturated heterocycles. The molecule has 1 atom stereocenters. The number of nitro groups is 1. The number of benzene rings is 2. The van der Waals surface area contributed by atoms with Gasteiger partial charge in [0.05, 0.1) is 16.6 Å². The van der Waals surface area contributed by atoms with Gasteiger partial charge in [0.15, 0.2) is 6.61 Å². The quantitative estimate of drug-likeness (QED) is 0.187. The molecule has 0 spiro atoms. The summed E-state index contributed by atoms with van der Waals surface area (Å²) >= 11 is 0. The van der Waals surface area contributed by atoms with E-state index in [9.17, 15) is 19.7 Å². The molecule has 9 nitrogen and oxygen atoms in total. The molecule has 3 aromatic rings. The van der Waals surface area contributed by atoms with Gasteiger partial charge in [0.1, 0.15) is 0 Å². The fourth-order valence-electron chi connectivity index (χ4n) is 4.40. The summed E-state index contributed by atoms with van der Waals surface area (Å²) in [4.78, 5) is 36.5. The first-order chi connectivity index (χ1) is 17.3. The number of nitrogens with one attached hydrogen (secondary N) is 1. The van der Waals surface area contributed by atoms with Crippen molar-refractivity contribution in [1.29, 1.82) is 0 Å². The summed E-state index contributed by atoms with van der Waals surface area (Å²) in [7, 11) is 0. The van der Waals surface area contributed by atoms with Crippen LogP contribution in [0.1, 0.15) is 50.5 Å². The van der Waals surface area contributed by atoms with Crippen LogP contribution < -0.4 is 5.32 Å². The van der Waals surface area contributed by atoms with E-state index in [4.69, 9.17) is 9.47 Å². The average Bonchev–Trinajstić information content (AvgIpc) is 3.50. The predicted octanol–water partition coefficient (Wildman–Crippen LogP) is 4.84. The van der Waals surface area contributed by atoms with E-state index in [1.54, 1.807) is 6.07 Å². The summed E-state index contributed by atoms with van der Waals surface area (Å²) in [6.45, 7) is 5.17. The number of esters is 1. The molecule has 1 aromatic heterocycles. The number of carbonyl (C=O) groups is 2. The summed E-state index contributed by atoms with van der Waals surface area (Å²) in [5, 5.41) is 14.4. The van der Waals surface area contributed by atoms with Crippen molar-refractivity contribution in [3.05, 3.63) is 92.8 Å². The first-order valence-electron chi connectivity index (χ1n) is 11.9. The number of nitro benzene ring substituents is 1. The third-order valence-corrected chi connectivity index (χ3v) is 6.38. The Bertz CT molecular complexity index is 1260. The standard InChI is InChI=1S/C27H29N3O6/c1-18-13-23(19(2)29(18)16-22-9-6-12-35-22)26(31)17-36-27(32)24-14-21(30(33)34)10-11-25(24)28-15-20-7-4-3-5-8-20/h3-5,7-8,10-11,13-14,22,28H,6,9,12,15-17H2,1-2H3. The lowest BCUT2D eigenvalue weighted by Gasteiger charge is -2.15. The van der Waals surface area contributed by atoms with Crippen molar-refractivity contribution in [2.24, 2.45) is 0 Å². The first-order valence-corrected chi connectivity index (χ1v) is 11.9. The van der Waals surface area contributed by atoms with E-state index in [2.05, 4.69) is 9.88 Å². The second kappa shape index (κ2) is 11.2. The summed E-state index contributed by atoms with van der Waals surface area (Å²) in [5.41, 5.74) is 3.33. The van der Waals surface area contributed by atoms with E-state index >= 15 is 0 Å². The number of nitrogens with zero attached hydrogens (tertiary/aromatic N) is 2. The molecular formula is C27H29N3O6. The van der Waals surface area contributed by atoms with Gasteiger partial charge in [-0.15, -0.1) is 0 Å². The molecule has 188 valence electrons. The van der Waals surface area contributed by atoms with E-state index in [1.165, 1.54) is 12.1 Å². The van der Waals surface area contributed by atoms with Crippen LogP contribution >= 0.6 is 0 Å². The average molecular weight is 492 g/mol.